The first-order valence-electron chi connectivity index (χ1n) is 8.73. The van der Waals surface area contributed by atoms with E-state index < -0.39 is 24.2 Å². The van der Waals surface area contributed by atoms with E-state index in [0.29, 0.717) is 32.0 Å². The fourth-order valence-corrected chi connectivity index (χ4v) is 4.64. The smallest absolute Gasteiger partial charge is 0.322 e. The Bertz CT molecular complexity index is 1010. The summed E-state index contributed by atoms with van der Waals surface area (Å²) in [6, 6.07) is 4.61. The molecule has 0 bridgehead atoms. The highest BCUT2D eigenvalue weighted by Crippen LogP contribution is 2.40. The second-order valence-corrected chi connectivity index (χ2v) is 9.73. The van der Waals surface area contributed by atoms with Crippen LogP contribution in [0.4, 0.5) is 15.1 Å². The van der Waals surface area contributed by atoms with E-state index in [-0.39, 0.29) is 22.6 Å². The van der Waals surface area contributed by atoms with E-state index in [9.17, 15) is 18.8 Å². The minimum atomic E-state index is -1.18. The lowest BCUT2D eigenvalue weighted by Crippen LogP contribution is -2.32. The van der Waals surface area contributed by atoms with Crippen LogP contribution in [0.5, 0.6) is 0 Å². The highest BCUT2D eigenvalue weighted by Gasteiger charge is 2.34. The molecule has 0 radical (unpaired) electrons. The number of fused-ring (bicyclic) bond motifs is 1. The first-order valence-corrected chi connectivity index (χ1v) is 10.6. The van der Waals surface area contributed by atoms with Gasteiger partial charge >= 0.3 is 5.97 Å². The molecule has 1 aromatic heterocycles. The van der Waals surface area contributed by atoms with Crippen molar-refractivity contribution in [2.24, 2.45) is 5.41 Å². The van der Waals surface area contributed by atoms with Crippen LogP contribution >= 0.6 is 33.9 Å². The maximum Gasteiger partial charge on any atom is 0.322 e. The second kappa shape index (κ2) is 8.27. The molecule has 29 heavy (non-hydrogen) atoms. The van der Waals surface area contributed by atoms with E-state index in [1.54, 1.807) is 12.1 Å². The van der Waals surface area contributed by atoms with Crippen LogP contribution in [0.2, 0.25) is 0 Å². The number of thiophene rings is 1. The maximum atomic E-state index is 14.4. The summed E-state index contributed by atoms with van der Waals surface area (Å²) in [7, 11) is 0. The number of rotatable bonds is 5. The Morgan fingerprint density at radius 2 is 2.10 bits per heavy atom. The van der Waals surface area contributed by atoms with Crippen LogP contribution in [0.3, 0.4) is 0 Å². The lowest BCUT2D eigenvalue weighted by molar-refractivity contribution is -0.135. The van der Waals surface area contributed by atoms with Gasteiger partial charge in [0.05, 0.1) is 16.1 Å². The van der Waals surface area contributed by atoms with E-state index in [0.717, 1.165) is 11.3 Å². The highest BCUT2D eigenvalue weighted by atomic mass is 127. The molecular weight excluding hydrogens is 512 g/mol. The average molecular weight is 531 g/mol. The standard InChI is InChI=1S/C19H19FIN3O4S/c1-19(2)6-10-14(16(27)22-7-13(25)26)18(29-15(10)17(28)23-8-19)24-12-4-3-9(21)5-11(12)20/h3-5,24H,6-8H2,1-2H3,(H,22,27)(H,23,28)(H,25,26). The number of carboxylic acid groups (broad SMARTS) is 1. The number of anilines is 2. The summed E-state index contributed by atoms with van der Waals surface area (Å²) in [5.41, 5.74) is 0.559. The zero-order valence-electron chi connectivity index (χ0n) is 15.7. The average Bonchev–Trinajstić information content (AvgIpc) is 2.92. The SMILES string of the molecule is CC1(C)CNC(=O)c2sc(Nc3ccc(I)cc3F)c(C(=O)NCC(=O)O)c2C1. The molecule has 0 spiro atoms. The number of nitrogens with one attached hydrogen (secondary N) is 3. The Morgan fingerprint density at radius 1 is 1.38 bits per heavy atom. The maximum absolute atomic E-state index is 14.4. The molecule has 0 saturated heterocycles. The molecule has 0 saturated carbocycles. The van der Waals surface area contributed by atoms with E-state index in [4.69, 9.17) is 5.11 Å². The molecule has 1 aromatic carbocycles. The number of carbonyl (C=O) groups excluding carboxylic acids is 2. The third-order valence-electron chi connectivity index (χ3n) is 4.40. The quantitative estimate of drug-likeness (QED) is 0.443. The summed E-state index contributed by atoms with van der Waals surface area (Å²) in [5, 5.41) is 17.3. The fraction of sp³-hybridized carbons (Fsp3) is 0.316. The first-order chi connectivity index (χ1) is 13.6. The number of hydrogen-bond acceptors (Lipinski definition) is 5. The van der Waals surface area contributed by atoms with Crippen LogP contribution in [-0.2, 0) is 11.2 Å². The molecule has 10 heteroatoms. The van der Waals surface area contributed by atoms with Crippen LogP contribution in [0.25, 0.3) is 0 Å². The van der Waals surface area contributed by atoms with Crippen LogP contribution in [0.15, 0.2) is 18.2 Å². The number of carbonyl (C=O) groups is 3. The predicted octanol–water partition coefficient (Wildman–Crippen LogP) is 3.36. The van der Waals surface area contributed by atoms with Gasteiger partial charge in [-0.2, -0.15) is 0 Å². The number of halogens is 2. The largest absolute Gasteiger partial charge is 0.480 e. The van der Waals surface area contributed by atoms with Crippen molar-refractivity contribution in [2.45, 2.75) is 20.3 Å². The predicted molar refractivity (Wildman–Crippen MR) is 117 cm³/mol. The number of carboxylic acids is 1. The molecule has 2 amide bonds. The summed E-state index contributed by atoms with van der Waals surface area (Å²) in [4.78, 5) is 36.7. The van der Waals surface area contributed by atoms with Crippen LogP contribution in [-0.4, -0.2) is 36.0 Å². The van der Waals surface area contributed by atoms with Crippen molar-refractivity contribution in [3.8, 4) is 0 Å². The van der Waals surface area contributed by atoms with E-state index in [1.807, 2.05) is 36.4 Å². The van der Waals surface area contributed by atoms with Gasteiger partial charge in [-0.15, -0.1) is 11.3 Å². The number of benzene rings is 1. The normalized spacial score (nSPS) is 15.1. The third kappa shape index (κ3) is 4.86. The van der Waals surface area contributed by atoms with Crippen molar-refractivity contribution < 1.29 is 23.9 Å². The van der Waals surface area contributed by atoms with Gasteiger partial charge in [0.15, 0.2) is 0 Å². The van der Waals surface area contributed by atoms with Crippen LogP contribution < -0.4 is 16.0 Å². The molecule has 3 rings (SSSR count). The minimum Gasteiger partial charge on any atom is -0.480 e. The molecule has 2 aromatic rings. The third-order valence-corrected chi connectivity index (χ3v) is 6.22. The Balaban J connectivity index is 2.09. The summed E-state index contributed by atoms with van der Waals surface area (Å²) < 4.78 is 15.1. The van der Waals surface area contributed by atoms with Crippen molar-refractivity contribution >= 4 is 62.4 Å². The number of hydrogen-bond donors (Lipinski definition) is 4. The van der Waals surface area contributed by atoms with Crippen molar-refractivity contribution in [3.63, 3.8) is 0 Å². The van der Waals surface area contributed by atoms with E-state index in [1.165, 1.54) is 6.07 Å². The van der Waals surface area contributed by atoms with Gasteiger partial charge in [0.25, 0.3) is 11.8 Å². The lowest BCUT2D eigenvalue weighted by Gasteiger charge is -2.22. The molecular formula is C19H19FIN3O4S. The van der Waals surface area contributed by atoms with E-state index >= 15 is 0 Å². The van der Waals surface area contributed by atoms with Gasteiger partial charge in [-0.25, -0.2) is 4.39 Å². The van der Waals surface area contributed by atoms with Gasteiger partial charge in [-0.1, -0.05) is 13.8 Å². The van der Waals surface area contributed by atoms with Gasteiger partial charge < -0.3 is 21.1 Å². The number of amides is 2. The van der Waals surface area contributed by atoms with Gasteiger partial charge in [0.2, 0.25) is 0 Å². The van der Waals surface area contributed by atoms with Gasteiger partial charge in [-0.3, -0.25) is 14.4 Å². The molecule has 0 fully saturated rings. The minimum absolute atomic E-state index is 0.161. The first kappa shape index (κ1) is 21.5. The Hall–Kier alpha value is -2.21. The molecule has 7 nitrogen and oxygen atoms in total. The molecule has 154 valence electrons. The molecule has 0 aliphatic carbocycles. The highest BCUT2D eigenvalue weighted by molar-refractivity contribution is 14.1. The van der Waals surface area contributed by atoms with Crippen molar-refractivity contribution in [2.75, 3.05) is 18.4 Å². The summed E-state index contributed by atoms with van der Waals surface area (Å²) in [6.07, 6.45) is 0.435. The summed E-state index contributed by atoms with van der Waals surface area (Å²) in [6.45, 7) is 3.81. The Labute approximate surface area is 184 Å². The Morgan fingerprint density at radius 3 is 2.76 bits per heavy atom. The summed E-state index contributed by atoms with van der Waals surface area (Å²) in [5.74, 6) is -2.61. The van der Waals surface area contributed by atoms with Crippen molar-refractivity contribution in [3.05, 3.63) is 43.6 Å². The Kier molecular flexibility index (Phi) is 6.13. The van der Waals surface area contributed by atoms with Gasteiger partial charge in [-0.05, 0) is 58.2 Å². The molecule has 2 heterocycles. The molecule has 0 atom stereocenters. The monoisotopic (exact) mass is 531 g/mol. The number of aliphatic carboxylic acids is 1. The van der Waals surface area contributed by atoms with E-state index in [2.05, 4.69) is 16.0 Å². The molecule has 4 N–H and O–H groups in total. The molecule has 1 aliphatic heterocycles. The van der Waals surface area contributed by atoms with Crippen molar-refractivity contribution in [1.29, 1.82) is 0 Å². The lowest BCUT2D eigenvalue weighted by atomic mass is 9.85. The summed E-state index contributed by atoms with van der Waals surface area (Å²) >= 11 is 3.04. The molecule has 0 unspecified atom stereocenters. The topological polar surface area (TPSA) is 108 Å². The zero-order chi connectivity index (χ0) is 21.3. The van der Waals surface area contributed by atoms with Crippen molar-refractivity contribution in [1.82, 2.24) is 10.6 Å². The van der Waals surface area contributed by atoms with Crippen LogP contribution in [0, 0.1) is 14.8 Å². The van der Waals surface area contributed by atoms with Crippen LogP contribution in [0.1, 0.15) is 39.4 Å². The zero-order valence-corrected chi connectivity index (χ0v) is 18.7. The van der Waals surface area contributed by atoms with Gasteiger partial charge in [0.1, 0.15) is 17.4 Å². The molecule has 1 aliphatic rings. The van der Waals surface area contributed by atoms with Gasteiger partial charge in [0, 0.05) is 10.1 Å². The second-order valence-electron chi connectivity index (χ2n) is 7.46. The fourth-order valence-electron chi connectivity index (χ4n) is 3.04.